The molecule has 1 N–H and O–H groups in total. The zero-order valence-electron chi connectivity index (χ0n) is 8.42. The Hall–Kier alpha value is -1.03. The number of fused-ring (bicyclic) bond motifs is 1. The van der Waals surface area contributed by atoms with Gasteiger partial charge in [-0.25, -0.2) is 4.79 Å². The number of benzene rings is 1. The van der Waals surface area contributed by atoms with E-state index in [0.29, 0.717) is 0 Å². The predicted octanol–water partition coefficient (Wildman–Crippen LogP) is 2.35. The molecule has 0 fully saturated rings. The van der Waals surface area contributed by atoms with Gasteiger partial charge in [-0.1, -0.05) is 15.9 Å². The molecule has 0 saturated carbocycles. The summed E-state index contributed by atoms with van der Waals surface area (Å²) in [6, 6.07) is 5.82. The first-order chi connectivity index (χ1) is 7.20. The number of carbonyl (C=O) groups is 1. The first kappa shape index (κ1) is 10.5. The van der Waals surface area contributed by atoms with Gasteiger partial charge < -0.3 is 10.1 Å². The Bertz CT molecular complexity index is 392. The highest BCUT2D eigenvalue weighted by molar-refractivity contribution is 9.10. The van der Waals surface area contributed by atoms with E-state index in [1.807, 2.05) is 12.1 Å². The Kier molecular flexibility index (Phi) is 2.95. The highest BCUT2D eigenvalue weighted by Gasteiger charge is 2.24. The SMILES string of the molecule is COC(=O)[C@@H]1CCc2cc(Br)ccc2N1. The van der Waals surface area contributed by atoms with Crippen LogP contribution in [-0.4, -0.2) is 19.1 Å². The lowest BCUT2D eigenvalue weighted by Crippen LogP contribution is -2.34. The van der Waals surface area contributed by atoms with Gasteiger partial charge in [-0.15, -0.1) is 0 Å². The molecule has 0 saturated heterocycles. The molecular formula is C11H12BrNO2. The van der Waals surface area contributed by atoms with Crippen molar-refractivity contribution in [1.82, 2.24) is 0 Å². The van der Waals surface area contributed by atoms with Crippen molar-refractivity contribution >= 4 is 27.6 Å². The molecule has 0 bridgehead atoms. The second-order valence-corrected chi connectivity index (χ2v) is 4.48. The van der Waals surface area contributed by atoms with Gasteiger partial charge in [0.05, 0.1) is 7.11 Å². The smallest absolute Gasteiger partial charge is 0.328 e. The summed E-state index contributed by atoms with van der Waals surface area (Å²) in [6.07, 6.45) is 1.69. The molecule has 80 valence electrons. The van der Waals surface area contributed by atoms with Crippen molar-refractivity contribution in [3.05, 3.63) is 28.2 Å². The van der Waals surface area contributed by atoms with E-state index in [-0.39, 0.29) is 12.0 Å². The van der Waals surface area contributed by atoms with Gasteiger partial charge in [0.15, 0.2) is 0 Å². The third-order valence-electron chi connectivity index (χ3n) is 2.59. The van der Waals surface area contributed by atoms with Crippen LogP contribution in [0.25, 0.3) is 0 Å². The summed E-state index contributed by atoms with van der Waals surface area (Å²) < 4.78 is 5.79. The molecule has 1 atom stereocenters. The van der Waals surface area contributed by atoms with E-state index < -0.39 is 0 Å². The minimum Gasteiger partial charge on any atom is -0.467 e. The number of anilines is 1. The van der Waals surface area contributed by atoms with Gasteiger partial charge in [0.2, 0.25) is 0 Å². The monoisotopic (exact) mass is 269 g/mol. The number of nitrogens with one attached hydrogen (secondary N) is 1. The second kappa shape index (κ2) is 4.23. The molecule has 0 aliphatic carbocycles. The third-order valence-corrected chi connectivity index (χ3v) is 3.08. The summed E-state index contributed by atoms with van der Waals surface area (Å²) in [7, 11) is 1.42. The molecule has 2 rings (SSSR count). The van der Waals surface area contributed by atoms with Gasteiger partial charge in [0.25, 0.3) is 0 Å². The van der Waals surface area contributed by atoms with E-state index in [1.165, 1.54) is 12.7 Å². The van der Waals surface area contributed by atoms with Crippen LogP contribution in [0, 0.1) is 0 Å². The average Bonchev–Trinajstić information content (AvgIpc) is 2.27. The summed E-state index contributed by atoms with van der Waals surface area (Å²) in [5.74, 6) is -0.191. The number of ether oxygens (including phenoxy) is 1. The normalized spacial score (nSPS) is 18.9. The fraction of sp³-hybridized carbons (Fsp3) is 0.364. The van der Waals surface area contributed by atoms with Gasteiger partial charge in [-0.05, 0) is 36.6 Å². The van der Waals surface area contributed by atoms with Crippen LogP contribution in [0.15, 0.2) is 22.7 Å². The zero-order chi connectivity index (χ0) is 10.8. The number of aryl methyl sites for hydroxylation is 1. The first-order valence-corrected chi connectivity index (χ1v) is 5.63. The molecule has 1 aromatic carbocycles. The number of halogens is 1. The Morgan fingerprint density at radius 1 is 1.60 bits per heavy atom. The Labute approximate surface area is 96.9 Å². The maximum atomic E-state index is 11.3. The molecule has 4 heteroatoms. The Morgan fingerprint density at radius 2 is 2.40 bits per heavy atom. The lowest BCUT2D eigenvalue weighted by Gasteiger charge is -2.25. The fourth-order valence-electron chi connectivity index (χ4n) is 1.79. The van der Waals surface area contributed by atoms with Crippen molar-refractivity contribution in [1.29, 1.82) is 0 Å². The summed E-state index contributed by atoms with van der Waals surface area (Å²) in [5.41, 5.74) is 2.27. The van der Waals surface area contributed by atoms with E-state index >= 15 is 0 Å². The maximum Gasteiger partial charge on any atom is 0.328 e. The van der Waals surface area contributed by atoms with Crippen molar-refractivity contribution in [3.63, 3.8) is 0 Å². The molecule has 0 aromatic heterocycles. The van der Waals surface area contributed by atoms with Gasteiger partial charge in [0.1, 0.15) is 6.04 Å². The molecule has 1 aromatic rings. The number of rotatable bonds is 1. The number of carbonyl (C=O) groups excluding carboxylic acids is 1. The molecule has 0 spiro atoms. The van der Waals surface area contributed by atoms with Crippen molar-refractivity contribution in [2.45, 2.75) is 18.9 Å². The third kappa shape index (κ3) is 2.15. The van der Waals surface area contributed by atoms with E-state index in [0.717, 1.165) is 23.0 Å². The number of hydrogen-bond acceptors (Lipinski definition) is 3. The predicted molar refractivity (Wildman–Crippen MR) is 61.9 cm³/mol. The molecule has 1 aliphatic rings. The van der Waals surface area contributed by atoms with Crippen molar-refractivity contribution in [3.8, 4) is 0 Å². The van der Waals surface area contributed by atoms with E-state index in [4.69, 9.17) is 4.74 Å². The quantitative estimate of drug-likeness (QED) is 0.796. The second-order valence-electron chi connectivity index (χ2n) is 3.56. The topological polar surface area (TPSA) is 38.3 Å². The molecular weight excluding hydrogens is 258 g/mol. The molecule has 15 heavy (non-hydrogen) atoms. The Balaban J connectivity index is 2.20. The van der Waals surface area contributed by atoms with Gasteiger partial charge >= 0.3 is 5.97 Å². The lowest BCUT2D eigenvalue weighted by molar-refractivity contribution is -0.141. The van der Waals surface area contributed by atoms with E-state index in [2.05, 4.69) is 27.3 Å². The number of esters is 1. The fourth-order valence-corrected chi connectivity index (χ4v) is 2.20. The number of methoxy groups -OCH3 is 1. The minimum absolute atomic E-state index is 0.191. The molecule has 0 unspecified atom stereocenters. The highest BCUT2D eigenvalue weighted by Crippen LogP contribution is 2.27. The lowest BCUT2D eigenvalue weighted by atomic mass is 9.98. The molecule has 0 radical (unpaired) electrons. The average molecular weight is 270 g/mol. The standard InChI is InChI=1S/C11H12BrNO2/c1-15-11(14)10-4-2-7-6-8(12)3-5-9(7)13-10/h3,5-6,10,13H,2,4H2,1H3/t10-/m0/s1. The molecule has 0 amide bonds. The van der Waals surface area contributed by atoms with Gasteiger partial charge in [0, 0.05) is 10.2 Å². The van der Waals surface area contributed by atoms with Crippen LogP contribution in [0.4, 0.5) is 5.69 Å². The van der Waals surface area contributed by atoms with Crippen LogP contribution in [-0.2, 0) is 16.0 Å². The van der Waals surface area contributed by atoms with Crippen LogP contribution in [0.5, 0.6) is 0 Å². The summed E-state index contributed by atoms with van der Waals surface area (Å²) in [5, 5.41) is 3.18. The summed E-state index contributed by atoms with van der Waals surface area (Å²) in [4.78, 5) is 11.3. The minimum atomic E-state index is -0.205. The maximum absolute atomic E-state index is 11.3. The van der Waals surface area contributed by atoms with Gasteiger partial charge in [-0.3, -0.25) is 0 Å². The molecule has 3 nitrogen and oxygen atoms in total. The number of hydrogen-bond donors (Lipinski definition) is 1. The van der Waals surface area contributed by atoms with Crippen molar-refractivity contribution < 1.29 is 9.53 Å². The van der Waals surface area contributed by atoms with E-state index in [9.17, 15) is 4.79 Å². The molecule has 1 heterocycles. The van der Waals surface area contributed by atoms with Crippen molar-refractivity contribution in [2.75, 3.05) is 12.4 Å². The highest BCUT2D eigenvalue weighted by atomic mass is 79.9. The van der Waals surface area contributed by atoms with Gasteiger partial charge in [-0.2, -0.15) is 0 Å². The van der Waals surface area contributed by atoms with Crippen LogP contribution in [0.3, 0.4) is 0 Å². The van der Waals surface area contributed by atoms with Crippen LogP contribution >= 0.6 is 15.9 Å². The summed E-state index contributed by atoms with van der Waals surface area (Å²) >= 11 is 3.43. The largest absolute Gasteiger partial charge is 0.467 e. The first-order valence-electron chi connectivity index (χ1n) is 4.83. The van der Waals surface area contributed by atoms with Crippen LogP contribution in [0.2, 0.25) is 0 Å². The van der Waals surface area contributed by atoms with E-state index in [1.54, 1.807) is 0 Å². The van der Waals surface area contributed by atoms with Crippen molar-refractivity contribution in [2.24, 2.45) is 0 Å². The Morgan fingerprint density at radius 3 is 3.13 bits per heavy atom. The van der Waals surface area contributed by atoms with Crippen LogP contribution in [0.1, 0.15) is 12.0 Å². The summed E-state index contributed by atoms with van der Waals surface area (Å²) in [6.45, 7) is 0. The zero-order valence-corrected chi connectivity index (χ0v) is 10.0. The van der Waals surface area contributed by atoms with Crippen LogP contribution < -0.4 is 5.32 Å². The molecule has 1 aliphatic heterocycles.